The zero-order valence-electron chi connectivity index (χ0n) is 11.9. The first-order valence-corrected chi connectivity index (χ1v) is 8.55. The standard InChI is InChI=1S/C15H19N3O2S/c1-11-7-9-18(14(11)10-16)21(19,20)15-6-2-5-13-12(15)4-3-8-17-13/h2-6,8,11,14H,7,9-10,16H2,1H3. The number of nitrogens with two attached hydrogens (primary N) is 1. The van der Waals surface area contributed by atoms with Gasteiger partial charge in [0.2, 0.25) is 10.0 Å². The van der Waals surface area contributed by atoms with Gasteiger partial charge < -0.3 is 5.73 Å². The van der Waals surface area contributed by atoms with E-state index in [1.54, 1.807) is 34.8 Å². The first-order chi connectivity index (χ1) is 10.1. The molecule has 21 heavy (non-hydrogen) atoms. The second-order valence-corrected chi connectivity index (χ2v) is 7.37. The van der Waals surface area contributed by atoms with Crippen LogP contribution >= 0.6 is 0 Å². The molecule has 0 saturated carbocycles. The molecule has 1 aromatic heterocycles. The van der Waals surface area contributed by atoms with Gasteiger partial charge in [0.15, 0.2) is 0 Å². The topological polar surface area (TPSA) is 76.3 Å². The average molecular weight is 305 g/mol. The Bertz CT molecular complexity index is 755. The molecule has 0 radical (unpaired) electrons. The van der Waals surface area contributed by atoms with Crippen LogP contribution in [-0.4, -0.2) is 36.8 Å². The van der Waals surface area contributed by atoms with E-state index < -0.39 is 10.0 Å². The number of aromatic nitrogens is 1. The highest BCUT2D eigenvalue weighted by molar-refractivity contribution is 7.89. The third kappa shape index (κ3) is 2.33. The predicted octanol–water partition coefficient (Wildman–Crippen LogP) is 1.59. The molecule has 1 fully saturated rings. The molecule has 1 aromatic carbocycles. The lowest BCUT2D eigenvalue weighted by Crippen LogP contribution is -2.42. The van der Waals surface area contributed by atoms with Crippen molar-refractivity contribution >= 4 is 20.9 Å². The molecule has 3 rings (SSSR count). The molecule has 0 spiro atoms. The number of pyridine rings is 1. The molecule has 0 amide bonds. The van der Waals surface area contributed by atoms with Crippen molar-refractivity contribution in [1.82, 2.24) is 9.29 Å². The van der Waals surface area contributed by atoms with E-state index in [4.69, 9.17) is 5.73 Å². The molecule has 6 heteroatoms. The van der Waals surface area contributed by atoms with Crippen LogP contribution in [0.25, 0.3) is 10.9 Å². The normalized spacial score (nSPS) is 23.7. The number of benzene rings is 1. The van der Waals surface area contributed by atoms with Gasteiger partial charge in [-0.3, -0.25) is 4.98 Å². The molecule has 2 aromatic rings. The predicted molar refractivity (Wildman–Crippen MR) is 82.3 cm³/mol. The Hall–Kier alpha value is -1.50. The van der Waals surface area contributed by atoms with Gasteiger partial charge in [0.05, 0.1) is 10.4 Å². The van der Waals surface area contributed by atoms with Gasteiger partial charge in [0.1, 0.15) is 0 Å². The highest BCUT2D eigenvalue weighted by Gasteiger charge is 2.39. The van der Waals surface area contributed by atoms with Gasteiger partial charge in [-0.25, -0.2) is 8.42 Å². The molecule has 5 nitrogen and oxygen atoms in total. The van der Waals surface area contributed by atoms with Crippen molar-refractivity contribution in [1.29, 1.82) is 0 Å². The Balaban J connectivity index is 2.13. The Kier molecular flexibility index (Phi) is 3.69. The van der Waals surface area contributed by atoms with Crippen molar-refractivity contribution in [2.24, 2.45) is 11.7 Å². The van der Waals surface area contributed by atoms with E-state index in [9.17, 15) is 8.42 Å². The Labute approximate surface area is 124 Å². The number of fused-ring (bicyclic) bond motifs is 1. The summed E-state index contributed by atoms with van der Waals surface area (Å²) in [7, 11) is -3.55. The van der Waals surface area contributed by atoms with Crippen molar-refractivity contribution in [2.75, 3.05) is 13.1 Å². The van der Waals surface area contributed by atoms with Crippen LogP contribution in [0.4, 0.5) is 0 Å². The van der Waals surface area contributed by atoms with Crippen LogP contribution in [0.5, 0.6) is 0 Å². The lowest BCUT2D eigenvalue weighted by molar-refractivity contribution is 0.355. The molecular formula is C15H19N3O2S. The monoisotopic (exact) mass is 305 g/mol. The summed E-state index contributed by atoms with van der Waals surface area (Å²) in [6, 6.07) is 8.64. The van der Waals surface area contributed by atoms with Crippen LogP contribution in [0.1, 0.15) is 13.3 Å². The summed E-state index contributed by atoms with van der Waals surface area (Å²) in [5, 5.41) is 0.662. The second-order valence-electron chi connectivity index (χ2n) is 5.51. The Morgan fingerprint density at radius 3 is 2.90 bits per heavy atom. The van der Waals surface area contributed by atoms with Gasteiger partial charge in [-0.15, -0.1) is 0 Å². The fourth-order valence-corrected chi connectivity index (χ4v) is 5.00. The van der Waals surface area contributed by atoms with Gasteiger partial charge in [0.25, 0.3) is 0 Å². The van der Waals surface area contributed by atoms with E-state index in [1.165, 1.54) is 0 Å². The third-order valence-electron chi connectivity index (χ3n) is 4.27. The summed E-state index contributed by atoms with van der Waals surface area (Å²) in [6.07, 6.45) is 2.52. The van der Waals surface area contributed by atoms with Gasteiger partial charge in [-0.2, -0.15) is 4.31 Å². The maximum absolute atomic E-state index is 13.0. The van der Waals surface area contributed by atoms with Crippen LogP contribution in [0.15, 0.2) is 41.4 Å². The van der Waals surface area contributed by atoms with Crippen LogP contribution < -0.4 is 5.73 Å². The summed E-state index contributed by atoms with van der Waals surface area (Å²) in [4.78, 5) is 4.55. The van der Waals surface area contributed by atoms with Crippen LogP contribution in [0, 0.1) is 5.92 Å². The maximum Gasteiger partial charge on any atom is 0.244 e. The fraction of sp³-hybridized carbons (Fsp3) is 0.400. The second kappa shape index (κ2) is 5.36. The molecule has 2 N–H and O–H groups in total. The first kappa shape index (κ1) is 14.4. The summed E-state index contributed by atoms with van der Waals surface area (Å²) in [5.74, 6) is 0.290. The van der Waals surface area contributed by atoms with E-state index in [0.29, 0.717) is 28.9 Å². The number of nitrogens with zero attached hydrogens (tertiary/aromatic N) is 2. The van der Waals surface area contributed by atoms with Gasteiger partial charge in [-0.1, -0.05) is 13.0 Å². The molecule has 112 valence electrons. The van der Waals surface area contributed by atoms with Crippen LogP contribution in [-0.2, 0) is 10.0 Å². The first-order valence-electron chi connectivity index (χ1n) is 7.11. The van der Waals surface area contributed by atoms with E-state index in [1.807, 2.05) is 6.07 Å². The highest BCUT2D eigenvalue weighted by atomic mass is 32.2. The Morgan fingerprint density at radius 2 is 2.14 bits per heavy atom. The van der Waals surface area contributed by atoms with E-state index in [0.717, 1.165) is 6.42 Å². The van der Waals surface area contributed by atoms with Gasteiger partial charge in [-0.05, 0) is 36.6 Å². The molecule has 2 atom stereocenters. The maximum atomic E-state index is 13.0. The summed E-state index contributed by atoms with van der Waals surface area (Å²) in [5.41, 5.74) is 6.47. The molecule has 1 saturated heterocycles. The molecule has 0 bridgehead atoms. The lowest BCUT2D eigenvalue weighted by Gasteiger charge is -2.25. The molecule has 1 aliphatic rings. The highest BCUT2D eigenvalue weighted by Crippen LogP contribution is 2.32. The van der Waals surface area contributed by atoms with E-state index >= 15 is 0 Å². The summed E-state index contributed by atoms with van der Waals surface area (Å²) < 4.78 is 27.6. The average Bonchev–Trinajstić information content (AvgIpc) is 2.88. The number of rotatable bonds is 3. The molecule has 2 heterocycles. The molecule has 2 unspecified atom stereocenters. The Morgan fingerprint density at radius 1 is 1.33 bits per heavy atom. The minimum absolute atomic E-state index is 0.123. The number of hydrogen-bond donors (Lipinski definition) is 1. The van der Waals surface area contributed by atoms with Crippen molar-refractivity contribution in [3.05, 3.63) is 36.5 Å². The quantitative estimate of drug-likeness (QED) is 0.934. The van der Waals surface area contributed by atoms with Crippen LogP contribution in [0.2, 0.25) is 0 Å². The van der Waals surface area contributed by atoms with Crippen molar-refractivity contribution in [3.8, 4) is 0 Å². The van der Waals surface area contributed by atoms with Gasteiger partial charge in [0, 0.05) is 30.7 Å². The third-order valence-corrected chi connectivity index (χ3v) is 6.25. The van der Waals surface area contributed by atoms with Gasteiger partial charge >= 0.3 is 0 Å². The van der Waals surface area contributed by atoms with Crippen molar-refractivity contribution in [3.63, 3.8) is 0 Å². The van der Waals surface area contributed by atoms with Crippen molar-refractivity contribution in [2.45, 2.75) is 24.3 Å². The molecule has 0 aliphatic carbocycles. The smallest absolute Gasteiger partial charge is 0.244 e. The van der Waals surface area contributed by atoms with Crippen LogP contribution in [0.3, 0.4) is 0 Å². The van der Waals surface area contributed by atoms with E-state index in [-0.39, 0.29) is 12.0 Å². The number of sulfonamides is 1. The zero-order valence-corrected chi connectivity index (χ0v) is 12.8. The minimum atomic E-state index is -3.55. The molecular weight excluding hydrogens is 286 g/mol. The summed E-state index contributed by atoms with van der Waals surface area (Å²) >= 11 is 0. The van der Waals surface area contributed by atoms with Crippen molar-refractivity contribution < 1.29 is 8.42 Å². The fourth-order valence-electron chi connectivity index (χ4n) is 3.05. The molecule has 1 aliphatic heterocycles. The lowest BCUT2D eigenvalue weighted by atomic mass is 10.0. The number of hydrogen-bond acceptors (Lipinski definition) is 4. The largest absolute Gasteiger partial charge is 0.329 e. The zero-order chi connectivity index (χ0) is 15.0. The summed E-state index contributed by atoms with van der Waals surface area (Å²) in [6.45, 7) is 2.93. The SMILES string of the molecule is CC1CCN(S(=O)(=O)c2cccc3ncccc23)C1CN. The van der Waals surface area contributed by atoms with E-state index in [2.05, 4.69) is 11.9 Å². The minimum Gasteiger partial charge on any atom is -0.329 e.